The summed E-state index contributed by atoms with van der Waals surface area (Å²) in [7, 11) is -2.46. The van der Waals surface area contributed by atoms with Crippen molar-refractivity contribution in [2.75, 3.05) is 16.8 Å². The van der Waals surface area contributed by atoms with Crippen LogP contribution in [0.4, 0.5) is 5.69 Å². The fourth-order valence-electron chi connectivity index (χ4n) is 4.12. The third-order valence-corrected chi connectivity index (χ3v) is 7.43. The zero-order valence-corrected chi connectivity index (χ0v) is 17.5. The van der Waals surface area contributed by atoms with Gasteiger partial charge in [-0.15, -0.1) is 0 Å². The molecule has 0 atom stereocenters. The van der Waals surface area contributed by atoms with E-state index in [1.54, 1.807) is 6.07 Å². The van der Waals surface area contributed by atoms with Crippen molar-refractivity contribution >= 4 is 39.0 Å². The first-order valence-corrected chi connectivity index (χ1v) is 11.7. The van der Waals surface area contributed by atoms with E-state index in [9.17, 15) is 18.7 Å². The van der Waals surface area contributed by atoms with E-state index in [4.69, 9.17) is 5.73 Å². The summed E-state index contributed by atoms with van der Waals surface area (Å²) in [5.41, 5.74) is 10.3. The monoisotopic (exact) mass is 427 g/mol. The van der Waals surface area contributed by atoms with Crippen molar-refractivity contribution in [1.29, 1.82) is 0 Å². The molecular formula is C22H25N3O4S. The van der Waals surface area contributed by atoms with Crippen molar-refractivity contribution in [3.8, 4) is 11.1 Å². The standard InChI is InChI=1S/C22H25N3O4S/c1-13(26)25-17-4-2-14(3-5-17)16-10-18-20(15-6-8-30(28,29)9-7-15)12-24-21(18)19(11-16)22(23)27/h2-5,10-12,15,24,28-29H,6-9H2,1H3,(H2,23,27)(H,25,26). The van der Waals surface area contributed by atoms with Crippen LogP contribution in [0.2, 0.25) is 0 Å². The van der Waals surface area contributed by atoms with Crippen LogP contribution in [0.15, 0.2) is 42.6 Å². The first kappa shape index (κ1) is 20.5. The van der Waals surface area contributed by atoms with Gasteiger partial charge in [0.05, 0.1) is 11.1 Å². The van der Waals surface area contributed by atoms with Crippen LogP contribution in [0.5, 0.6) is 0 Å². The lowest BCUT2D eigenvalue weighted by Gasteiger charge is -2.39. The first-order valence-electron chi connectivity index (χ1n) is 9.80. The van der Waals surface area contributed by atoms with Crippen LogP contribution in [0.3, 0.4) is 0 Å². The fourth-order valence-corrected chi connectivity index (χ4v) is 5.65. The zero-order chi connectivity index (χ0) is 21.5. The lowest BCUT2D eigenvalue weighted by Crippen LogP contribution is -2.19. The number of anilines is 1. The molecule has 7 nitrogen and oxygen atoms in total. The van der Waals surface area contributed by atoms with E-state index < -0.39 is 16.5 Å². The van der Waals surface area contributed by atoms with Crippen molar-refractivity contribution in [3.63, 3.8) is 0 Å². The van der Waals surface area contributed by atoms with Crippen LogP contribution in [0.25, 0.3) is 22.0 Å². The quantitative estimate of drug-likeness (QED) is 0.419. The van der Waals surface area contributed by atoms with Crippen LogP contribution in [0.1, 0.15) is 41.6 Å². The molecule has 2 amide bonds. The molecule has 3 aromatic rings. The summed E-state index contributed by atoms with van der Waals surface area (Å²) >= 11 is 0. The highest BCUT2D eigenvalue weighted by atomic mass is 32.3. The SMILES string of the molecule is CC(=O)Nc1ccc(-c2cc(C(N)=O)c3[nH]cc(C4CCS(O)(O)CC4)c3c2)cc1. The molecule has 0 aliphatic carbocycles. The number of aromatic amines is 1. The van der Waals surface area contributed by atoms with Crippen LogP contribution in [-0.4, -0.2) is 37.4 Å². The Morgan fingerprint density at radius 3 is 2.37 bits per heavy atom. The Bertz CT molecular complexity index is 1110. The molecule has 0 saturated carbocycles. The zero-order valence-electron chi connectivity index (χ0n) is 16.6. The molecule has 1 aliphatic heterocycles. The molecule has 2 aromatic carbocycles. The summed E-state index contributed by atoms with van der Waals surface area (Å²) in [5, 5.41) is 3.67. The van der Waals surface area contributed by atoms with E-state index in [1.165, 1.54) is 6.92 Å². The van der Waals surface area contributed by atoms with Crippen molar-refractivity contribution in [2.45, 2.75) is 25.7 Å². The Morgan fingerprint density at radius 1 is 1.10 bits per heavy atom. The molecule has 1 saturated heterocycles. The predicted octanol–water partition coefficient (Wildman–Crippen LogP) is 4.52. The average molecular weight is 428 g/mol. The summed E-state index contributed by atoms with van der Waals surface area (Å²) < 4.78 is 19.9. The second-order valence-electron chi connectivity index (χ2n) is 7.80. The largest absolute Gasteiger partial charge is 0.366 e. The van der Waals surface area contributed by atoms with E-state index >= 15 is 0 Å². The minimum Gasteiger partial charge on any atom is -0.366 e. The lowest BCUT2D eigenvalue weighted by atomic mass is 9.91. The number of hydrogen-bond donors (Lipinski definition) is 5. The van der Waals surface area contributed by atoms with Gasteiger partial charge in [0.2, 0.25) is 5.91 Å². The van der Waals surface area contributed by atoms with Crippen LogP contribution in [-0.2, 0) is 4.79 Å². The Morgan fingerprint density at radius 2 is 1.77 bits per heavy atom. The van der Waals surface area contributed by atoms with Crippen molar-refractivity contribution in [2.24, 2.45) is 5.73 Å². The molecular weight excluding hydrogens is 402 g/mol. The van der Waals surface area contributed by atoms with Crippen molar-refractivity contribution < 1.29 is 18.7 Å². The Kier molecular flexibility index (Phi) is 5.31. The van der Waals surface area contributed by atoms with E-state index in [0.29, 0.717) is 41.1 Å². The van der Waals surface area contributed by atoms with Gasteiger partial charge in [0.15, 0.2) is 0 Å². The highest BCUT2D eigenvalue weighted by Crippen LogP contribution is 2.49. The number of carbonyl (C=O) groups is 2. The number of amides is 2. The summed E-state index contributed by atoms with van der Waals surface area (Å²) in [4.78, 5) is 26.6. The molecule has 2 heterocycles. The molecule has 0 spiro atoms. The average Bonchev–Trinajstić information content (AvgIpc) is 3.11. The third kappa shape index (κ3) is 4.07. The molecule has 0 radical (unpaired) electrons. The van der Waals surface area contributed by atoms with Gasteiger partial charge in [-0.25, -0.2) is 0 Å². The molecule has 30 heavy (non-hydrogen) atoms. The second-order valence-corrected chi connectivity index (χ2v) is 10.2. The van der Waals surface area contributed by atoms with Gasteiger partial charge in [-0.3, -0.25) is 18.7 Å². The number of H-pyrrole nitrogens is 1. The maximum absolute atomic E-state index is 12.1. The number of rotatable bonds is 4. The number of fused-ring (bicyclic) bond motifs is 1. The maximum Gasteiger partial charge on any atom is 0.250 e. The van der Waals surface area contributed by atoms with E-state index in [-0.39, 0.29) is 11.8 Å². The topological polar surface area (TPSA) is 128 Å². The van der Waals surface area contributed by atoms with E-state index in [1.807, 2.05) is 36.5 Å². The fraction of sp³-hybridized carbons (Fsp3) is 0.273. The highest BCUT2D eigenvalue weighted by molar-refractivity contribution is 8.24. The second kappa shape index (κ2) is 7.79. The Hall–Kier alpha value is -2.81. The summed E-state index contributed by atoms with van der Waals surface area (Å²) in [6.07, 6.45) is 3.29. The van der Waals surface area contributed by atoms with Crippen molar-refractivity contribution in [1.82, 2.24) is 4.98 Å². The van der Waals surface area contributed by atoms with Crippen LogP contribution >= 0.6 is 10.6 Å². The van der Waals surface area contributed by atoms with Gasteiger partial charge in [0, 0.05) is 35.7 Å². The summed E-state index contributed by atoms with van der Waals surface area (Å²) in [5.74, 6) is 0.343. The number of carbonyl (C=O) groups excluding carboxylic acids is 2. The number of aromatic nitrogens is 1. The van der Waals surface area contributed by atoms with Crippen molar-refractivity contribution in [3.05, 3.63) is 53.7 Å². The summed E-state index contributed by atoms with van der Waals surface area (Å²) in [6, 6.07) is 11.2. The number of benzene rings is 2. The van der Waals surface area contributed by atoms with E-state index in [2.05, 4.69) is 10.3 Å². The highest BCUT2D eigenvalue weighted by Gasteiger charge is 2.27. The third-order valence-electron chi connectivity index (χ3n) is 5.65. The van der Waals surface area contributed by atoms with Gasteiger partial charge in [-0.2, -0.15) is 10.6 Å². The van der Waals surface area contributed by atoms with Gasteiger partial charge in [-0.05, 0) is 59.7 Å². The molecule has 0 bridgehead atoms. The summed E-state index contributed by atoms with van der Waals surface area (Å²) in [6.45, 7) is 1.46. The van der Waals surface area contributed by atoms with Gasteiger partial charge < -0.3 is 16.0 Å². The number of primary amides is 1. The molecule has 8 heteroatoms. The normalized spacial score (nSPS) is 17.6. The van der Waals surface area contributed by atoms with E-state index in [0.717, 1.165) is 22.1 Å². The number of nitrogens with one attached hydrogen (secondary N) is 2. The minimum atomic E-state index is -2.46. The first-order chi connectivity index (χ1) is 14.2. The maximum atomic E-state index is 12.1. The lowest BCUT2D eigenvalue weighted by molar-refractivity contribution is -0.114. The van der Waals surface area contributed by atoms with Gasteiger partial charge in [0.1, 0.15) is 0 Å². The van der Waals surface area contributed by atoms with Gasteiger partial charge >= 0.3 is 0 Å². The Labute approximate surface area is 176 Å². The van der Waals surface area contributed by atoms with Gasteiger partial charge in [-0.1, -0.05) is 12.1 Å². The smallest absolute Gasteiger partial charge is 0.250 e. The molecule has 6 N–H and O–H groups in total. The molecule has 4 rings (SSSR count). The molecule has 1 fully saturated rings. The van der Waals surface area contributed by atoms with Crippen LogP contribution in [0, 0.1) is 0 Å². The Balaban J connectivity index is 1.76. The minimum absolute atomic E-state index is 0.138. The van der Waals surface area contributed by atoms with Gasteiger partial charge in [0.25, 0.3) is 5.91 Å². The number of nitrogens with two attached hydrogens (primary N) is 1. The van der Waals surface area contributed by atoms with Crippen LogP contribution < -0.4 is 11.1 Å². The molecule has 158 valence electrons. The number of hydrogen-bond acceptors (Lipinski definition) is 4. The molecule has 1 aliphatic rings. The molecule has 1 aromatic heterocycles. The predicted molar refractivity (Wildman–Crippen MR) is 121 cm³/mol. The molecule has 0 unspecified atom stereocenters.